The van der Waals surface area contributed by atoms with E-state index in [-0.39, 0.29) is 71.3 Å². The van der Waals surface area contributed by atoms with Gasteiger partial charge in [0.15, 0.2) is 0 Å². The molecule has 2 aliphatic rings. The van der Waals surface area contributed by atoms with Gasteiger partial charge in [0, 0.05) is 10.6 Å². The number of nitrogens with zero attached hydrogens (tertiary/aromatic N) is 1. The smallest absolute Gasteiger partial charge is 0.543 e. The number of carboxylic acid groups (broad SMARTS) is 1. The summed E-state index contributed by atoms with van der Waals surface area (Å²) in [7, 11) is 0. The fourth-order valence-electron chi connectivity index (χ4n) is 3.44. The molecule has 0 aromatic carbocycles. The molecule has 0 radical (unpaired) electrons. The van der Waals surface area contributed by atoms with Crippen LogP contribution in [-0.4, -0.2) is 51.4 Å². The van der Waals surface area contributed by atoms with E-state index in [1.807, 2.05) is 17.5 Å². The quantitative estimate of drug-likeness (QED) is 0.248. The molecule has 3 rings (SSSR count). The van der Waals surface area contributed by atoms with E-state index in [0.29, 0.717) is 5.57 Å². The number of nitrogens with one attached hydrogen (secondary N) is 1. The molecule has 2 atom stereocenters. The van der Waals surface area contributed by atoms with Crippen LogP contribution >= 0.6 is 23.1 Å². The molecule has 1 N–H and O–H groups in total. The number of hydrogen-bond acceptors (Lipinski definition) is 8. The van der Waals surface area contributed by atoms with Crippen molar-refractivity contribution in [1.82, 2.24) is 10.2 Å². The van der Waals surface area contributed by atoms with E-state index in [9.17, 15) is 29.1 Å². The SMILES string of the molecule is CC(=O)C(CC1=C(C(=O)[O-])N2C(=O)[C@@H](NC(=O)Cc3cccs3)[C@@H]2SC1)C(C)=O.[Na+]. The molecule has 1 fully saturated rings. The number of aliphatic carboxylic acids is 1. The minimum Gasteiger partial charge on any atom is -0.543 e. The van der Waals surface area contributed by atoms with Crippen LogP contribution in [-0.2, 0) is 30.4 Å². The van der Waals surface area contributed by atoms with Crippen LogP contribution in [0.1, 0.15) is 25.1 Å². The Balaban J connectivity index is 0.00000320. The number of thioether (sulfide) groups is 1. The first kappa shape index (κ1) is 24.8. The monoisotopic (exact) mass is 458 g/mol. The molecule has 1 aromatic rings. The Morgan fingerprint density at radius 1 is 1.27 bits per heavy atom. The van der Waals surface area contributed by atoms with E-state index in [1.54, 1.807) is 0 Å². The summed E-state index contributed by atoms with van der Waals surface area (Å²) < 4.78 is 0. The molecule has 0 bridgehead atoms. The Hall–Kier alpha value is -1.46. The maximum absolute atomic E-state index is 12.6. The molecule has 11 heteroatoms. The predicted octanol–water partition coefficient (Wildman–Crippen LogP) is -3.12. The molecule has 2 amide bonds. The normalized spacial score (nSPS) is 20.2. The molecule has 30 heavy (non-hydrogen) atoms. The number of thiophene rings is 1. The van der Waals surface area contributed by atoms with Crippen molar-refractivity contribution >= 4 is 52.4 Å². The zero-order valence-electron chi connectivity index (χ0n) is 16.8. The second kappa shape index (κ2) is 10.2. The summed E-state index contributed by atoms with van der Waals surface area (Å²) in [5.74, 6) is -3.83. The van der Waals surface area contributed by atoms with Crippen LogP contribution in [0.15, 0.2) is 28.8 Å². The molecule has 1 aromatic heterocycles. The largest absolute Gasteiger partial charge is 1.00 e. The van der Waals surface area contributed by atoms with Crippen molar-refractivity contribution in [1.29, 1.82) is 0 Å². The Kier molecular flexibility index (Phi) is 8.46. The van der Waals surface area contributed by atoms with Crippen LogP contribution in [0.3, 0.4) is 0 Å². The number of carboxylic acids is 1. The molecule has 2 aliphatic heterocycles. The zero-order chi connectivity index (χ0) is 21.3. The van der Waals surface area contributed by atoms with Gasteiger partial charge in [-0.3, -0.25) is 24.1 Å². The Morgan fingerprint density at radius 2 is 1.93 bits per heavy atom. The van der Waals surface area contributed by atoms with E-state index < -0.39 is 29.2 Å². The molecule has 0 aliphatic carbocycles. The van der Waals surface area contributed by atoms with Crippen LogP contribution < -0.4 is 40.0 Å². The molecule has 154 valence electrons. The van der Waals surface area contributed by atoms with Gasteiger partial charge in [-0.2, -0.15) is 0 Å². The Labute approximate surface area is 203 Å². The topological polar surface area (TPSA) is 124 Å². The van der Waals surface area contributed by atoms with Gasteiger partial charge in [0.25, 0.3) is 5.91 Å². The third-order valence-corrected chi connectivity index (χ3v) is 7.12. The fraction of sp³-hybridized carbons (Fsp3) is 0.421. The van der Waals surface area contributed by atoms with E-state index in [1.165, 1.54) is 36.9 Å². The van der Waals surface area contributed by atoms with Gasteiger partial charge in [-0.25, -0.2) is 0 Å². The first-order valence-electron chi connectivity index (χ1n) is 8.91. The molecular formula is C19H19N2NaO6S2. The number of β-lactam (4-membered cyclic amide) rings is 1. The molecule has 8 nitrogen and oxygen atoms in total. The summed E-state index contributed by atoms with van der Waals surface area (Å²) >= 11 is 2.72. The van der Waals surface area contributed by atoms with E-state index in [4.69, 9.17) is 0 Å². The number of fused-ring (bicyclic) bond motifs is 1. The third kappa shape index (κ3) is 5.05. The number of carbonyl (C=O) groups is 5. The van der Waals surface area contributed by atoms with Gasteiger partial charge in [-0.1, -0.05) is 6.07 Å². The van der Waals surface area contributed by atoms with Crippen molar-refractivity contribution in [3.63, 3.8) is 0 Å². The number of hydrogen-bond donors (Lipinski definition) is 1. The average molecular weight is 458 g/mol. The summed E-state index contributed by atoms with van der Waals surface area (Å²) in [6, 6.07) is 2.83. The fourth-order valence-corrected chi connectivity index (χ4v) is 5.51. The van der Waals surface area contributed by atoms with Gasteiger partial charge in [-0.05, 0) is 37.3 Å². The number of amides is 2. The van der Waals surface area contributed by atoms with Crippen LogP contribution in [0.5, 0.6) is 0 Å². The summed E-state index contributed by atoms with van der Waals surface area (Å²) in [6.45, 7) is 2.55. The average Bonchev–Trinajstić information content (AvgIpc) is 3.15. The van der Waals surface area contributed by atoms with Crippen molar-refractivity contribution in [3.05, 3.63) is 33.7 Å². The van der Waals surface area contributed by atoms with E-state index in [0.717, 1.165) is 9.78 Å². The zero-order valence-corrected chi connectivity index (χ0v) is 20.4. The standard InChI is InChI=1S/C19H20N2O6S2.Na/c1-9(22)13(10(2)23)6-11-8-29-18-15(17(25)21(18)16(11)19(26)27)20-14(24)7-12-4-3-5-28-12;/h3-5,13,15,18H,6-8H2,1-2H3,(H,20,24)(H,26,27);/q;+1/p-1/t15-,18+;/m1./s1. The van der Waals surface area contributed by atoms with Gasteiger partial charge in [0.2, 0.25) is 5.91 Å². The summed E-state index contributed by atoms with van der Waals surface area (Å²) in [6.07, 6.45) is 0.0824. The summed E-state index contributed by atoms with van der Waals surface area (Å²) in [5.41, 5.74) is 0.0216. The van der Waals surface area contributed by atoms with Gasteiger partial charge in [0.05, 0.1) is 24.0 Å². The molecule has 1 saturated heterocycles. The van der Waals surface area contributed by atoms with Gasteiger partial charge in [-0.15, -0.1) is 23.1 Å². The van der Waals surface area contributed by atoms with E-state index in [2.05, 4.69) is 5.32 Å². The molecule has 0 unspecified atom stereocenters. The van der Waals surface area contributed by atoms with Gasteiger partial charge >= 0.3 is 29.6 Å². The van der Waals surface area contributed by atoms with Crippen LogP contribution in [0.25, 0.3) is 0 Å². The minimum atomic E-state index is -1.53. The minimum absolute atomic E-state index is 0. The first-order valence-corrected chi connectivity index (χ1v) is 10.8. The summed E-state index contributed by atoms with van der Waals surface area (Å²) in [5, 5.41) is 15.7. The molecule has 0 spiro atoms. The first-order chi connectivity index (χ1) is 13.7. The second-order valence-electron chi connectivity index (χ2n) is 6.93. The van der Waals surface area contributed by atoms with Gasteiger partial charge < -0.3 is 15.2 Å². The van der Waals surface area contributed by atoms with Gasteiger partial charge in [0.1, 0.15) is 23.0 Å². The Bertz CT molecular complexity index is 900. The maximum atomic E-state index is 12.6. The second-order valence-corrected chi connectivity index (χ2v) is 9.07. The Morgan fingerprint density at radius 3 is 2.47 bits per heavy atom. The predicted molar refractivity (Wildman–Crippen MR) is 105 cm³/mol. The number of Topliss-reactive ketones (excluding diaryl/α,β-unsaturated/α-hetero) is 2. The summed E-state index contributed by atoms with van der Waals surface area (Å²) in [4.78, 5) is 61.9. The van der Waals surface area contributed by atoms with E-state index >= 15 is 0 Å². The number of carbonyl (C=O) groups excluding carboxylic acids is 5. The van der Waals surface area contributed by atoms with Crippen molar-refractivity contribution in [2.75, 3.05) is 5.75 Å². The number of rotatable bonds is 8. The maximum Gasteiger partial charge on any atom is 1.00 e. The third-order valence-electron chi connectivity index (χ3n) is 4.90. The molecule has 3 heterocycles. The van der Waals surface area contributed by atoms with Crippen LogP contribution in [0, 0.1) is 5.92 Å². The van der Waals surface area contributed by atoms with Crippen LogP contribution in [0.2, 0.25) is 0 Å². The van der Waals surface area contributed by atoms with Crippen molar-refractivity contribution in [3.8, 4) is 0 Å². The van der Waals surface area contributed by atoms with Crippen LogP contribution in [0.4, 0.5) is 0 Å². The van der Waals surface area contributed by atoms with Crippen molar-refractivity contribution < 1.29 is 58.6 Å². The van der Waals surface area contributed by atoms with Crippen molar-refractivity contribution in [2.45, 2.75) is 38.1 Å². The molecular weight excluding hydrogens is 439 g/mol. The molecule has 0 saturated carbocycles. The van der Waals surface area contributed by atoms with Crippen molar-refractivity contribution in [2.24, 2.45) is 5.92 Å². The number of ketones is 2.